The number of amides is 2. The molecule has 0 atom stereocenters. The van der Waals surface area contributed by atoms with Gasteiger partial charge < -0.3 is 10.2 Å². The van der Waals surface area contributed by atoms with Gasteiger partial charge in [0.2, 0.25) is 5.91 Å². The summed E-state index contributed by atoms with van der Waals surface area (Å²) in [6, 6.07) is 5.46. The number of nitrogens with one attached hydrogen (secondary N) is 1. The van der Waals surface area contributed by atoms with Crippen molar-refractivity contribution in [2.24, 2.45) is 0 Å². The number of benzene rings is 1. The van der Waals surface area contributed by atoms with E-state index in [0.717, 1.165) is 11.3 Å². The number of likely N-dealkylation sites (N-methyl/N-ethyl adjacent to an activating group) is 1. The normalized spacial score (nSPS) is 14.5. The Balaban J connectivity index is 2.26. The van der Waals surface area contributed by atoms with E-state index in [1.165, 1.54) is 0 Å². The van der Waals surface area contributed by atoms with Crippen molar-refractivity contribution in [3.05, 3.63) is 29.3 Å². The van der Waals surface area contributed by atoms with Crippen LogP contribution in [0.25, 0.3) is 0 Å². The minimum Gasteiger partial charge on any atom is -0.347 e. The number of carbonyl (C=O) groups is 2. The van der Waals surface area contributed by atoms with Gasteiger partial charge in [-0.3, -0.25) is 9.59 Å². The summed E-state index contributed by atoms with van der Waals surface area (Å²) in [5.41, 5.74) is 2.22. The molecular weight excluding hydrogens is 240 g/mol. The smallest absolute Gasteiger partial charge is 0.251 e. The second-order valence-electron chi connectivity index (χ2n) is 5.86. The summed E-state index contributed by atoms with van der Waals surface area (Å²) >= 11 is 0. The molecule has 0 unspecified atom stereocenters. The number of fused-ring (bicyclic) bond motifs is 1. The lowest BCUT2D eigenvalue weighted by atomic mass is 10.1. The molecule has 1 aromatic carbocycles. The highest BCUT2D eigenvalue weighted by molar-refractivity contribution is 6.03. The van der Waals surface area contributed by atoms with Crippen molar-refractivity contribution in [2.45, 2.75) is 39.7 Å². The minimum absolute atomic E-state index is 0.0994. The first-order valence-corrected chi connectivity index (χ1v) is 6.57. The monoisotopic (exact) mass is 260 g/mol. The molecule has 0 spiro atoms. The third-order valence-electron chi connectivity index (χ3n) is 3.08. The van der Waals surface area contributed by atoms with Gasteiger partial charge in [0.1, 0.15) is 0 Å². The lowest BCUT2D eigenvalue weighted by Crippen LogP contribution is -2.40. The molecule has 102 valence electrons. The van der Waals surface area contributed by atoms with E-state index < -0.39 is 0 Å². The topological polar surface area (TPSA) is 49.4 Å². The summed E-state index contributed by atoms with van der Waals surface area (Å²) in [5, 5.41) is 2.93. The van der Waals surface area contributed by atoms with Gasteiger partial charge in [-0.1, -0.05) is 0 Å². The molecule has 1 N–H and O–H groups in total. The van der Waals surface area contributed by atoms with E-state index in [0.29, 0.717) is 18.5 Å². The first-order valence-electron chi connectivity index (χ1n) is 6.57. The molecule has 2 amide bonds. The van der Waals surface area contributed by atoms with Gasteiger partial charge in [-0.2, -0.15) is 0 Å². The number of rotatable bonds is 2. The van der Waals surface area contributed by atoms with Gasteiger partial charge in [0, 0.05) is 23.3 Å². The first-order chi connectivity index (χ1) is 8.81. The first kappa shape index (κ1) is 13.6. The zero-order valence-corrected chi connectivity index (χ0v) is 11.9. The van der Waals surface area contributed by atoms with Crippen molar-refractivity contribution in [3.63, 3.8) is 0 Å². The van der Waals surface area contributed by atoms with Gasteiger partial charge in [0.25, 0.3) is 5.91 Å². The van der Waals surface area contributed by atoms with Gasteiger partial charge >= 0.3 is 0 Å². The Kier molecular flexibility index (Phi) is 3.35. The Hall–Kier alpha value is -1.84. The third-order valence-corrected chi connectivity index (χ3v) is 3.08. The summed E-state index contributed by atoms with van der Waals surface area (Å²) < 4.78 is 0. The number of anilines is 1. The number of nitrogens with zero attached hydrogens (tertiary/aromatic N) is 1. The summed E-state index contributed by atoms with van der Waals surface area (Å²) in [7, 11) is 0. The van der Waals surface area contributed by atoms with Crippen molar-refractivity contribution >= 4 is 17.5 Å². The highest BCUT2D eigenvalue weighted by atomic mass is 16.2. The molecule has 1 aromatic rings. The fraction of sp³-hybridized carbons (Fsp3) is 0.467. The van der Waals surface area contributed by atoms with Gasteiger partial charge in [-0.25, -0.2) is 0 Å². The summed E-state index contributed by atoms with van der Waals surface area (Å²) in [6.07, 6.45) is 0.389. The van der Waals surface area contributed by atoms with E-state index in [1.807, 2.05) is 39.8 Å². The van der Waals surface area contributed by atoms with Crippen LogP contribution in [-0.2, 0) is 11.2 Å². The van der Waals surface area contributed by atoms with Crippen LogP contribution in [0.4, 0.5) is 5.69 Å². The molecule has 0 saturated heterocycles. The van der Waals surface area contributed by atoms with E-state index in [9.17, 15) is 9.59 Å². The van der Waals surface area contributed by atoms with Crippen molar-refractivity contribution < 1.29 is 9.59 Å². The van der Waals surface area contributed by atoms with Gasteiger partial charge in [0.15, 0.2) is 0 Å². The molecule has 4 heteroatoms. The predicted molar refractivity (Wildman–Crippen MR) is 75.4 cm³/mol. The maximum atomic E-state index is 12.1. The molecule has 0 fully saturated rings. The molecule has 1 heterocycles. The molecule has 0 aliphatic carbocycles. The SMILES string of the molecule is CCN1C(=O)Cc2cc(C(=O)NC(C)(C)C)ccc21. The fourth-order valence-electron chi connectivity index (χ4n) is 2.28. The van der Waals surface area contributed by atoms with Crippen LogP contribution in [0.3, 0.4) is 0 Å². The van der Waals surface area contributed by atoms with E-state index in [1.54, 1.807) is 11.0 Å². The fourth-order valence-corrected chi connectivity index (χ4v) is 2.28. The summed E-state index contributed by atoms with van der Waals surface area (Å²) in [5.74, 6) is 0.00331. The summed E-state index contributed by atoms with van der Waals surface area (Å²) in [4.78, 5) is 25.6. The Morgan fingerprint density at radius 1 is 1.37 bits per heavy atom. The second kappa shape index (κ2) is 4.68. The van der Waals surface area contributed by atoms with Crippen molar-refractivity contribution in [2.75, 3.05) is 11.4 Å². The van der Waals surface area contributed by atoms with Crippen LogP contribution in [0.5, 0.6) is 0 Å². The number of hydrogen-bond donors (Lipinski definition) is 1. The quantitative estimate of drug-likeness (QED) is 0.885. The van der Waals surface area contributed by atoms with Crippen molar-refractivity contribution in [1.82, 2.24) is 5.32 Å². The number of carbonyl (C=O) groups excluding carboxylic acids is 2. The average Bonchev–Trinajstić information content (AvgIpc) is 2.60. The Morgan fingerprint density at radius 2 is 2.05 bits per heavy atom. The van der Waals surface area contributed by atoms with Crippen LogP contribution < -0.4 is 10.2 Å². The Labute approximate surface area is 113 Å². The largest absolute Gasteiger partial charge is 0.347 e. The average molecular weight is 260 g/mol. The molecule has 1 aliphatic rings. The molecule has 1 aliphatic heterocycles. The zero-order chi connectivity index (χ0) is 14.2. The molecule has 0 bridgehead atoms. The van der Waals surface area contributed by atoms with Crippen molar-refractivity contribution in [3.8, 4) is 0 Å². The molecule has 0 saturated carbocycles. The van der Waals surface area contributed by atoms with Crippen LogP contribution in [0.15, 0.2) is 18.2 Å². The lowest BCUT2D eigenvalue weighted by molar-refractivity contribution is -0.117. The maximum Gasteiger partial charge on any atom is 0.251 e. The molecule has 19 heavy (non-hydrogen) atoms. The van der Waals surface area contributed by atoms with Crippen LogP contribution in [0, 0.1) is 0 Å². The van der Waals surface area contributed by atoms with Crippen LogP contribution in [0.2, 0.25) is 0 Å². The van der Waals surface area contributed by atoms with E-state index in [2.05, 4.69) is 5.32 Å². The van der Waals surface area contributed by atoms with E-state index in [4.69, 9.17) is 0 Å². The zero-order valence-electron chi connectivity index (χ0n) is 11.9. The third kappa shape index (κ3) is 2.78. The van der Waals surface area contributed by atoms with Gasteiger partial charge in [0.05, 0.1) is 6.42 Å². The van der Waals surface area contributed by atoms with E-state index >= 15 is 0 Å². The van der Waals surface area contributed by atoms with Gasteiger partial charge in [-0.05, 0) is 51.5 Å². The summed E-state index contributed by atoms with van der Waals surface area (Å²) in [6.45, 7) is 8.45. The standard InChI is InChI=1S/C15H20N2O2/c1-5-17-12-7-6-10(8-11(12)9-13(17)18)14(19)16-15(2,3)4/h6-8H,5,9H2,1-4H3,(H,16,19). The second-order valence-corrected chi connectivity index (χ2v) is 5.86. The maximum absolute atomic E-state index is 12.1. The molecule has 0 aromatic heterocycles. The van der Waals surface area contributed by atoms with E-state index in [-0.39, 0.29) is 17.4 Å². The highest BCUT2D eigenvalue weighted by Crippen LogP contribution is 2.29. The van der Waals surface area contributed by atoms with Crippen LogP contribution in [0.1, 0.15) is 43.6 Å². The van der Waals surface area contributed by atoms with Crippen LogP contribution in [-0.4, -0.2) is 23.9 Å². The van der Waals surface area contributed by atoms with Crippen molar-refractivity contribution in [1.29, 1.82) is 0 Å². The molecule has 2 rings (SSSR count). The van der Waals surface area contributed by atoms with Gasteiger partial charge in [-0.15, -0.1) is 0 Å². The molecule has 0 radical (unpaired) electrons. The number of hydrogen-bond acceptors (Lipinski definition) is 2. The lowest BCUT2D eigenvalue weighted by Gasteiger charge is -2.21. The molecule has 4 nitrogen and oxygen atoms in total. The Bertz CT molecular complexity index is 529. The van der Waals surface area contributed by atoms with Crippen LogP contribution >= 0.6 is 0 Å². The minimum atomic E-state index is -0.263. The highest BCUT2D eigenvalue weighted by Gasteiger charge is 2.27. The Morgan fingerprint density at radius 3 is 2.63 bits per heavy atom. The predicted octanol–water partition coefficient (Wildman–Crippen LogP) is 2.12. The molecular formula is C15H20N2O2.